The SMILES string of the molecule is CC(C)(O)CC(C)(C)CCC(C)(C)[Si](O)(c1ccccc1)c1ccccc1. The Bertz CT molecular complexity index is 676. The second-order valence-corrected chi connectivity index (χ2v) is 13.9. The molecule has 2 nitrogen and oxygen atoms in total. The van der Waals surface area contributed by atoms with Crippen molar-refractivity contribution in [1.82, 2.24) is 0 Å². The molecule has 0 heterocycles. The lowest BCUT2D eigenvalue weighted by molar-refractivity contribution is 0.0278. The van der Waals surface area contributed by atoms with Crippen molar-refractivity contribution < 1.29 is 9.90 Å². The molecule has 27 heavy (non-hydrogen) atoms. The normalized spacial score (nSPS) is 13.6. The standard InChI is InChI=1S/C24H36O2Si/c1-22(2,19-23(3,4)25)17-18-24(5,6)27(26,20-13-9-7-10-14-20)21-15-11-8-12-16-21/h7-16,25-26H,17-19H2,1-6H3. The van der Waals surface area contributed by atoms with Crippen molar-refractivity contribution in [2.75, 3.05) is 0 Å². The van der Waals surface area contributed by atoms with Gasteiger partial charge in [-0.15, -0.1) is 0 Å². The molecule has 2 aromatic rings. The monoisotopic (exact) mass is 384 g/mol. The van der Waals surface area contributed by atoms with Gasteiger partial charge in [-0.05, 0) is 53.9 Å². The third-order valence-electron chi connectivity index (χ3n) is 5.70. The Morgan fingerprint density at radius 1 is 0.704 bits per heavy atom. The largest absolute Gasteiger partial charge is 0.424 e. The molecule has 0 aliphatic heterocycles. The molecular formula is C24H36O2Si. The van der Waals surface area contributed by atoms with Crippen molar-refractivity contribution in [3.8, 4) is 0 Å². The van der Waals surface area contributed by atoms with Gasteiger partial charge in [0.05, 0.1) is 5.60 Å². The molecule has 148 valence electrons. The molecule has 0 atom stereocenters. The van der Waals surface area contributed by atoms with E-state index < -0.39 is 13.9 Å². The lowest BCUT2D eigenvalue weighted by Crippen LogP contribution is -2.65. The van der Waals surface area contributed by atoms with Gasteiger partial charge >= 0.3 is 0 Å². The number of hydrogen-bond acceptors (Lipinski definition) is 2. The van der Waals surface area contributed by atoms with Crippen LogP contribution in [-0.4, -0.2) is 23.8 Å². The van der Waals surface area contributed by atoms with E-state index in [0.717, 1.165) is 29.6 Å². The molecule has 0 fully saturated rings. The molecule has 0 spiro atoms. The van der Waals surface area contributed by atoms with E-state index in [1.165, 1.54) is 0 Å². The minimum absolute atomic E-state index is 0.0121. The zero-order chi connectivity index (χ0) is 20.3. The first-order chi connectivity index (χ1) is 12.4. The summed E-state index contributed by atoms with van der Waals surface area (Å²) in [5.41, 5.74) is -0.668. The topological polar surface area (TPSA) is 40.5 Å². The molecule has 0 aliphatic rings. The highest BCUT2D eigenvalue weighted by Crippen LogP contribution is 2.44. The van der Waals surface area contributed by atoms with Crippen molar-refractivity contribution in [2.45, 2.75) is 71.4 Å². The molecule has 0 radical (unpaired) electrons. The van der Waals surface area contributed by atoms with Crippen LogP contribution in [0.1, 0.15) is 60.8 Å². The summed E-state index contributed by atoms with van der Waals surface area (Å²) in [7, 11) is -2.95. The lowest BCUT2D eigenvalue weighted by atomic mass is 9.77. The van der Waals surface area contributed by atoms with E-state index in [1.807, 2.05) is 50.2 Å². The van der Waals surface area contributed by atoms with Gasteiger partial charge in [0.15, 0.2) is 0 Å². The highest BCUT2D eigenvalue weighted by molar-refractivity contribution is 6.98. The van der Waals surface area contributed by atoms with Gasteiger partial charge in [0.1, 0.15) is 0 Å². The summed E-state index contributed by atoms with van der Waals surface area (Å²) in [4.78, 5) is 12.2. The van der Waals surface area contributed by atoms with Crippen LogP contribution in [-0.2, 0) is 0 Å². The average Bonchev–Trinajstić information content (AvgIpc) is 2.59. The summed E-state index contributed by atoms with van der Waals surface area (Å²) >= 11 is 0. The van der Waals surface area contributed by atoms with Gasteiger partial charge in [0, 0.05) is 0 Å². The van der Waals surface area contributed by atoms with Gasteiger partial charge in [-0.3, -0.25) is 0 Å². The van der Waals surface area contributed by atoms with Gasteiger partial charge in [-0.2, -0.15) is 0 Å². The highest BCUT2D eigenvalue weighted by atomic mass is 28.4. The third kappa shape index (κ3) is 5.31. The number of rotatable bonds is 8. The lowest BCUT2D eigenvalue weighted by Gasteiger charge is -2.43. The molecule has 0 saturated carbocycles. The van der Waals surface area contributed by atoms with E-state index in [-0.39, 0.29) is 10.5 Å². The fraction of sp³-hybridized carbons (Fsp3) is 0.500. The van der Waals surface area contributed by atoms with E-state index in [9.17, 15) is 9.90 Å². The fourth-order valence-electron chi connectivity index (χ4n) is 4.40. The molecule has 0 amide bonds. The Labute approximate surface area is 166 Å². The van der Waals surface area contributed by atoms with Crippen LogP contribution in [0.4, 0.5) is 0 Å². The Hall–Kier alpha value is -1.42. The second kappa shape index (κ2) is 7.90. The predicted molar refractivity (Wildman–Crippen MR) is 118 cm³/mol. The van der Waals surface area contributed by atoms with Crippen LogP contribution in [0.3, 0.4) is 0 Å². The molecule has 2 N–H and O–H groups in total. The zero-order valence-electron chi connectivity index (χ0n) is 17.8. The van der Waals surface area contributed by atoms with E-state index in [0.29, 0.717) is 0 Å². The van der Waals surface area contributed by atoms with Crippen LogP contribution in [0.25, 0.3) is 0 Å². The quantitative estimate of drug-likeness (QED) is 0.659. The molecule has 2 rings (SSSR count). The first kappa shape index (κ1) is 21.9. The Balaban J connectivity index is 2.38. The summed E-state index contributed by atoms with van der Waals surface area (Å²) in [5, 5.41) is 12.1. The number of benzene rings is 2. The Morgan fingerprint density at radius 3 is 1.48 bits per heavy atom. The highest BCUT2D eigenvalue weighted by Gasteiger charge is 2.50. The molecule has 0 aliphatic carbocycles. The fourth-order valence-corrected chi connectivity index (χ4v) is 8.13. The van der Waals surface area contributed by atoms with Gasteiger partial charge in [-0.25, -0.2) is 0 Å². The molecule has 0 aromatic heterocycles. The van der Waals surface area contributed by atoms with Crippen LogP contribution < -0.4 is 10.4 Å². The van der Waals surface area contributed by atoms with Crippen molar-refractivity contribution in [1.29, 1.82) is 0 Å². The van der Waals surface area contributed by atoms with Crippen LogP contribution in [0.5, 0.6) is 0 Å². The van der Waals surface area contributed by atoms with Gasteiger partial charge in [0.25, 0.3) is 8.32 Å². The molecule has 0 saturated heterocycles. The maximum atomic E-state index is 12.2. The van der Waals surface area contributed by atoms with Crippen molar-refractivity contribution >= 4 is 18.7 Å². The van der Waals surface area contributed by atoms with Gasteiger partial charge < -0.3 is 9.90 Å². The van der Waals surface area contributed by atoms with Crippen LogP contribution in [0, 0.1) is 5.41 Å². The van der Waals surface area contributed by atoms with E-state index in [1.54, 1.807) is 0 Å². The molecule has 2 aromatic carbocycles. The first-order valence-electron chi connectivity index (χ1n) is 9.93. The van der Waals surface area contributed by atoms with Crippen molar-refractivity contribution in [3.63, 3.8) is 0 Å². The van der Waals surface area contributed by atoms with Crippen molar-refractivity contribution in [3.05, 3.63) is 60.7 Å². The van der Waals surface area contributed by atoms with Crippen molar-refractivity contribution in [2.24, 2.45) is 5.41 Å². The van der Waals surface area contributed by atoms with Crippen LogP contribution in [0.15, 0.2) is 60.7 Å². The maximum absolute atomic E-state index is 12.2. The molecule has 0 bridgehead atoms. The average molecular weight is 385 g/mol. The molecule has 3 heteroatoms. The smallest absolute Gasteiger partial charge is 0.258 e. The first-order valence-corrected chi connectivity index (χ1v) is 11.9. The minimum atomic E-state index is -2.95. The molecular weight excluding hydrogens is 348 g/mol. The summed E-state index contributed by atoms with van der Waals surface area (Å²) < 4.78 is 0. The number of hydrogen-bond donors (Lipinski definition) is 2. The third-order valence-corrected chi connectivity index (χ3v) is 10.2. The summed E-state index contributed by atoms with van der Waals surface area (Å²) in [5.74, 6) is 0. The van der Waals surface area contributed by atoms with E-state index in [4.69, 9.17) is 0 Å². The van der Waals surface area contributed by atoms with Crippen LogP contribution >= 0.6 is 0 Å². The summed E-state index contributed by atoms with van der Waals surface area (Å²) in [6.07, 6.45) is 2.61. The minimum Gasteiger partial charge on any atom is -0.424 e. The number of aliphatic hydroxyl groups is 1. The van der Waals surface area contributed by atoms with Gasteiger partial charge in [-0.1, -0.05) is 88.4 Å². The Kier molecular flexibility index (Phi) is 6.40. The van der Waals surface area contributed by atoms with Crippen LogP contribution in [0.2, 0.25) is 5.04 Å². The van der Waals surface area contributed by atoms with Gasteiger partial charge in [0.2, 0.25) is 0 Å². The second-order valence-electron chi connectivity index (χ2n) is 9.98. The zero-order valence-corrected chi connectivity index (χ0v) is 18.8. The van der Waals surface area contributed by atoms with E-state index in [2.05, 4.69) is 52.0 Å². The summed E-state index contributed by atoms with van der Waals surface area (Å²) in [6.45, 7) is 12.6. The maximum Gasteiger partial charge on any atom is 0.258 e. The predicted octanol–water partition coefficient (Wildman–Crippen LogP) is 4.49. The summed E-state index contributed by atoms with van der Waals surface area (Å²) in [6, 6.07) is 20.4. The Morgan fingerprint density at radius 2 is 1.11 bits per heavy atom. The van der Waals surface area contributed by atoms with E-state index >= 15 is 0 Å². The molecule has 0 unspecified atom stereocenters.